The van der Waals surface area contributed by atoms with Gasteiger partial charge in [-0.05, 0) is 31.4 Å². The quantitative estimate of drug-likeness (QED) is 0.469. The topological polar surface area (TPSA) is 30.9 Å². The van der Waals surface area contributed by atoms with Crippen molar-refractivity contribution in [1.29, 1.82) is 0 Å². The van der Waals surface area contributed by atoms with Crippen LogP contribution in [-0.4, -0.2) is 49.6 Å². The molecule has 1 saturated heterocycles. The Bertz CT molecular complexity index is 483. The largest absolute Gasteiger partial charge is 0.368 e. The Morgan fingerprint density at radius 1 is 1.18 bits per heavy atom. The van der Waals surface area contributed by atoms with E-state index in [0.717, 1.165) is 44.6 Å². The van der Waals surface area contributed by atoms with E-state index in [2.05, 4.69) is 64.3 Å². The van der Waals surface area contributed by atoms with Crippen molar-refractivity contribution in [3.8, 4) is 0 Å². The SMILES string of the molecule is CCN=C(NC1CC1C)N1CCN(c2ccccc2)CC1.I. The fraction of sp³-hybridized carbons (Fsp3) is 0.588. The summed E-state index contributed by atoms with van der Waals surface area (Å²) in [6.07, 6.45) is 1.28. The van der Waals surface area contributed by atoms with Crippen LogP contribution in [0.25, 0.3) is 0 Å². The van der Waals surface area contributed by atoms with E-state index in [1.165, 1.54) is 12.1 Å². The van der Waals surface area contributed by atoms with Crippen molar-refractivity contribution in [3.05, 3.63) is 30.3 Å². The lowest BCUT2D eigenvalue weighted by molar-refractivity contribution is 0.371. The molecule has 1 aliphatic heterocycles. The first-order valence-corrected chi connectivity index (χ1v) is 8.14. The molecular formula is C17H27IN4. The zero-order valence-corrected chi connectivity index (χ0v) is 15.9. The van der Waals surface area contributed by atoms with E-state index in [9.17, 15) is 0 Å². The van der Waals surface area contributed by atoms with Crippen LogP contribution in [0, 0.1) is 5.92 Å². The third-order valence-electron chi connectivity index (χ3n) is 4.43. The number of hydrogen-bond acceptors (Lipinski definition) is 2. The zero-order valence-electron chi connectivity index (χ0n) is 13.5. The Kier molecular flexibility index (Phi) is 6.35. The minimum absolute atomic E-state index is 0. The molecule has 1 aromatic carbocycles. The molecule has 0 bridgehead atoms. The van der Waals surface area contributed by atoms with Gasteiger partial charge in [-0.3, -0.25) is 4.99 Å². The molecule has 22 heavy (non-hydrogen) atoms. The van der Waals surface area contributed by atoms with E-state index in [-0.39, 0.29) is 24.0 Å². The summed E-state index contributed by atoms with van der Waals surface area (Å²) in [5.74, 6) is 1.91. The number of nitrogens with one attached hydrogen (secondary N) is 1. The van der Waals surface area contributed by atoms with E-state index >= 15 is 0 Å². The number of guanidine groups is 1. The molecule has 2 unspecified atom stereocenters. The third-order valence-corrected chi connectivity index (χ3v) is 4.43. The Labute approximate surface area is 151 Å². The Balaban J connectivity index is 0.00000176. The van der Waals surface area contributed by atoms with Crippen molar-refractivity contribution >= 4 is 35.6 Å². The minimum atomic E-state index is 0. The monoisotopic (exact) mass is 414 g/mol. The molecule has 1 heterocycles. The predicted octanol–water partition coefficient (Wildman–Crippen LogP) is 2.80. The van der Waals surface area contributed by atoms with E-state index in [0.29, 0.717) is 6.04 Å². The smallest absolute Gasteiger partial charge is 0.194 e. The Morgan fingerprint density at radius 2 is 1.82 bits per heavy atom. The van der Waals surface area contributed by atoms with E-state index in [4.69, 9.17) is 0 Å². The zero-order chi connectivity index (χ0) is 14.7. The van der Waals surface area contributed by atoms with Crippen LogP contribution in [-0.2, 0) is 0 Å². The van der Waals surface area contributed by atoms with Crippen LogP contribution >= 0.6 is 24.0 Å². The fourth-order valence-electron chi connectivity index (χ4n) is 2.89. The number of piperazine rings is 1. The fourth-order valence-corrected chi connectivity index (χ4v) is 2.89. The molecule has 1 aliphatic carbocycles. The number of rotatable bonds is 3. The highest BCUT2D eigenvalue weighted by Gasteiger charge is 2.34. The summed E-state index contributed by atoms with van der Waals surface area (Å²) in [5, 5.41) is 3.62. The molecule has 1 saturated carbocycles. The molecule has 4 nitrogen and oxygen atoms in total. The van der Waals surface area contributed by atoms with Gasteiger partial charge in [0.05, 0.1) is 0 Å². The van der Waals surface area contributed by atoms with Gasteiger partial charge in [-0.1, -0.05) is 25.1 Å². The minimum Gasteiger partial charge on any atom is -0.368 e. The van der Waals surface area contributed by atoms with Crippen molar-refractivity contribution < 1.29 is 0 Å². The molecular weight excluding hydrogens is 387 g/mol. The molecule has 3 rings (SSSR count). The normalized spacial score (nSPS) is 24.7. The van der Waals surface area contributed by atoms with Crippen molar-refractivity contribution in [2.45, 2.75) is 26.3 Å². The molecule has 1 N–H and O–H groups in total. The summed E-state index contributed by atoms with van der Waals surface area (Å²) in [6, 6.07) is 11.3. The van der Waals surface area contributed by atoms with E-state index in [1.807, 2.05) is 0 Å². The lowest BCUT2D eigenvalue weighted by Gasteiger charge is -2.37. The average molecular weight is 414 g/mol. The number of nitrogens with zero attached hydrogens (tertiary/aromatic N) is 3. The lowest BCUT2D eigenvalue weighted by Crippen LogP contribution is -2.53. The van der Waals surface area contributed by atoms with Gasteiger partial charge < -0.3 is 15.1 Å². The first-order chi connectivity index (χ1) is 10.3. The molecule has 2 fully saturated rings. The first-order valence-electron chi connectivity index (χ1n) is 8.14. The molecule has 0 radical (unpaired) electrons. The van der Waals surface area contributed by atoms with Gasteiger partial charge in [0.15, 0.2) is 5.96 Å². The van der Waals surface area contributed by atoms with Gasteiger partial charge in [0, 0.05) is 44.5 Å². The molecule has 5 heteroatoms. The number of hydrogen-bond donors (Lipinski definition) is 1. The van der Waals surface area contributed by atoms with Crippen molar-refractivity contribution in [3.63, 3.8) is 0 Å². The number of benzene rings is 1. The summed E-state index contributed by atoms with van der Waals surface area (Å²) in [5.41, 5.74) is 1.33. The van der Waals surface area contributed by atoms with Crippen LogP contribution in [0.1, 0.15) is 20.3 Å². The summed E-state index contributed by atoms with van der Waals surface area (Å²) < 4.78 is 0. The van der Waals surface area contributed by atoms with Crippen molar-refractivity contribution in [2.24, 2.45) is 10.9 Å². The highest BCUT2D eigenvalue weighted by atomic mass is 127. The van der Waals surface area contributed by atoms with Gasteiger partial charge in [-0.25, -0.2) is 0 Å². The van der Waals surface area contributed by atoms with Gasteiger partial charge in [0.1, 0.15) is 0 Å². The molecule has 2 atom stereocenters. The second-order valence-corrected chi connectivity index (χ2v) is 6.07. The van der Waals surface area contributed by atoms with Crippen LogP contribution in [0.4, 0.5) is 5.69 Å². The van der Waals surface area contributed by atoms with Crippen LogP contribution in [0.5, 0.6) is 0 Å². The van der Waals surface area contributed by atoms with Gasteiger partial charge in [0.25, 0.3) is 0 Å². The molecule has 2 aliphatic rings. The van der Waals surface area contributed by atoms with Crippen LogP contribution < -0.4 is 10.2 Å². The maximum atomic E-state index is 4.67. The van der Waals surface area contributed by atoms with Crippen LogP contribution in [0.3, 0.4) is 0 Å². The maximum absolute atomic E-state index is 4.67. The molecule has 0 aromatic heterocycles. The van der Waals surface area contributed by atoms with Crippen molar-refractivity contribution in [1.82, 2.24) is 10.2 Å². The summed E-state index contributed by atoms with van der Waals surface area (Å²) in [6.45, 7) is 9.47. The Morgan fingerprint density at radius 3 is 2.36 bits per heavy atom. The lowest BCUT2D eigenvalue weighted by atomic mass is 10.2. The Hall–Kier alpha value is -0.980. The van der Waals surface area contributed by atoms with Crippen LogP contribution in [0.15, 0.2) is 35.3 Å². The van der Waals surface area contributed by atoms with Crippen molar-refractivity contribution in [2.75, 3.05) is 37.6 Å². The summed E-state index contributed by atoms with van der Waals surface area (Å²) in [4.78, 5) is 9.54. The predicted molar refractivity (Wildman–Crippen MR) is 104 cm³/mol. The van der Waals surface area contributed by atoms with Gasteiger partial charge in [-0.2, -0.15) is 0 Å². The number of para-hydroxylation sites is 1. The van der Waals surface area contributed by atoms with Gasteiger partial charge in [-0.15, -0.1) is 24.0 Å². The van der Waals surface area contributed by atoms with Crippen LogP contribution in [0.2, 0.25) is 0 Å². The highest BCUT2D eigenvalue weighted by molar-refractivity contribution is 14.0. The molecule has 122 valence electrons. The average Bonchev–Trinajstić information content (AvgIpc) is 3.23. The van der Waals surface area contributed by atoms with E-state index in [1.54, 1.807) is 0 Å². The van der Waals surface area contributed by atoms with E-state index < -0.39 is 0 Å². The standard InChI is InChI=1S/C17H26N4.HI/c1-3-18-17(19-16-13-14(16)2)21-11-9-20(10-12-21)15-7-5-4-6-8-15;/h4-8,14,16H,3,9-13H2,1-2H3,(H,18,19);1H. The second-order valence-electron chi connectivity index (χ2n) is 6.07. The second kappa shape index (κ2) is 8.04. The third kappa shape index (κ3) is 4.27. The van der Waals surface area contributed by atoms with Gasteiger partial charge >= 0.3 is 0 Å². The molecule has 1 aromatic rings. The first kappa shape index (κ1) is 17.4. The molecule has 0 spiro atoms. The maximum Gasteiger partial charge on any atom is 0.194 e. The summed E-state index contributed by atoms with van der Waals surface area (Å²) in [7, 11) is 0. The summed E-state index contributed by atoms with van der Waals surface area (Å²) >= 11 is 0. The number of halogens is 1. The number of anilines is 1. The molecule has 0 amide bonds. The number of aliphatic imine (C=N–C) groups is 1. The van der Waals surface area contributed by atoms with Gasteiger partial charge in [0.2, 0.25) is 0 Å². The highest BCUT2D eigenvalue weighted by Crippen LogP contribution is 2.29.